The maximum atomic E-state index is 5.56. The van der Waals surface area contributed by atoms with Crippen molar-refractivity contribution in [1.29, 1.82) is 0 Å². The minimum atomic E-state index is 0.525. The van der Waals surface area contributed by atoms with Gasteiger partial charge in [-0.3, -0.25) is 0 Å². The maximum absolute atomic E-state index is 5.56. The second kappa shape index (κ2) is 5.04. The minimum Gasteiger partial charge on any atom is -0.497 e. The first-order valence-corrected chi connectivity index (χ1v) is 4.87. The summed E-state index contributed by atoms with van der Waals surface area (Å²) in [6.07, 6.45) is 0. The quantitative estimate of drug-likeness (QED) is 0.883. The number of hydrogen-bond acceptors (Lipinski definition) is 2. The molecular formula is C10H12BrNO. The number of nitrogens with two attached hydrogens (primary N) is 1. The van der Waals surface area contributed by atoms with Gasteiger partial charge in [0.25, 0.3) is 0 Å². The van der Waals surface area contributed by atoms with Gasteiger partial charge in [0.2, 0.25) is 0 Å². The molecule has 2 nitrogen and oxygen atoms in total. The molecule has 1 rings (SSSR count). The predicted molar refractivity (Wildman–Crippen MR) is 59.0 cm³/mol. The molecule has 0 radical (unpaired) electrons. The average Bonchev–Trinajstić information content (AvgIpc) is 2.21. The maximum Gasteiger partial charge on any atom is 0.118 e. The van der Waals surface area contributed by atoms with Gasteiger partial charge in [0.05, 0.1) is 7.11 Å². The molecule has 0 aliphatic heterocycles. The van der Waals surface area contributed by atoms with Gasteiger partial charge in [-0.15, -0.1) is 0 Å². The van der Waals surface area contributed by atoms with Crippen molar-refractivity contribution in [2.75, 3.05) is 13.7 Å². The molecule has 2 N–H and O–H groups in total. The number of halogens is 1. The van der Waals surface area contributed by atoms with E-state index in [0.29, 0.717) is 6.54 Å². The highest BCUT2D eigenvalue weighted by molar-refractivity contribution is 9.11. The highest BCUT2D eigenvalue weighted by Crippen LogP contribution is 2.18. The Morgan fingerprint density at radius 1 is 1.46 bits per heavy atom. The average molecular weight is 242 g/mol. The molecule has 0 spiro atoms. The van der Waals surface area contributed by atoms with Crippen LogP contribution >= 0.6 is 15.9 Å². The van der Waals surface area contributed by atoms with Crippen LogP contribution in [0, 0.1) is 0 Å². The van der Waals surface area contributed by atoms with Crippen molar-refractivity contribution in [3.63, 3.8) is 0 Å². The van der Waals surface area contributed by atoms with Crippen LogP contribution in [0.5, 0.6) is 5.75 Å². The van der Waals surface area contributed by atoms with Crippen LogP contribution in [-0.2, 0) is 0 Å². The van der Waals surface area contributed by atoms with Crippen molar-refractivity contribution in [3.05, 3.63) is 34.8 Å². The van der Waals surface area contributed by atoms with Gasteiger partial charge in [-0.05, 0) is 28.3 Å². The van der Waals surface area contributed by atoms with Gasteiger partial charge in [-0.2, -0.15) is 0 Å². The van der Waals surface area contributed by atoms with Crippen LogP contribution < -0.4 is 10.5 Å². The fourth-order valence-electron chi connectivity index (χ4n) is 1.03. The standard InChI is InChI=1S/C10H12BrNO/c1-13-10-4-2-8(3-5-10)9(6-11)7-12/h2-6H,7,12H2,1H3/b9-6+. The summed E-state index contributed by atoms with van der Waals surface area (Å²) in [7, 11) is 1.65. The Morgan fingerprint density at radius 2 is 2.08 bits per heavy atom. The van der Waals surface area contributed by atoms with Crippen molar-refractivity contribution < 1.29 is 4.74 Å². The zero-order valence-corrected chi connectivity index (χ0v) is 9.04. The summed E-state index contributed by atoms with van der Waals surface area (Å²) in [4.78, 5) is 1.84. The second-order valence-electron chi connectivity index (χ2n) is 2.57. The zero-order valence-electron chi connectivity index (χ0n) is 7.46. The van der Waals surface area contributed by atoms with Gasteiger partial charge in [0.15, 0.2) is 0 Å². The number of methoxy groups -OCH3 is 1. The van der Waals surface area contributed by atoms with Crippen molar-refractivity contribution in [2.45, 2.75) is 0 Å². The largest absolute Gasteiger partial charge is 0.497 e. The van der Waals surface area contributed by atoms with E-state index in [2.05, 4.69) is 15.9 Å². The summed E-state index contributed by atoms with van der Waals surface area (Å²) < 4.78 is 5.05. The lowest BCUT2D eigenvalue weighted by atomic mass is 10.1. The molecule has 0 saturated heterocycles. The zero-order chi connectivity index (χ0) is 9.68. The third-order valence-corrected chi connectivity index (χ3v) is 2.37. The second-order valence-corrected chi connectivity index (χ2v) is 3.02. The van der Waals surface area contributed by atoms with Crippen LogP contribution in [0.15, 0.2) is 29.3 Å². The van der Waals surface area contributed by atoms with E-state index in [1.807, 2.05) is 29.3 Å². The molecule has 13 heavy (non-hydrogen) atoms. The number of rotatable bonds is 3. The molecule has 0 aliphatic rings. The van der Waals surface area contributed by atoms with Gasteiger partial charge in [-0.1, -0.05) is 28.1 Å². The lowest BCUT2D eigenvalue weighted by Gasteiger charge is -2.04. The fraction of sp³-hybridized carbons (Fsp3) is 0.200. The molecule has 0 saturated carbocycles. The van der Waals surface area contributed by atoms with E-state index in [0.717, 1.165) is 16.9 Å². The molecule has 3 heteroatoms. The minimum absolute atomic E-state index is 0.525. The Morgan fingerprint density at radius 3 is 2.46 bits per heavy atom. The third kappa shape index (κ3) is 2.57. The summed E-state index contributed by atoms with van der Waals surface area (Å²) in [5.41, 5.74) is 7.74. The molecule has 0 aliphatic carbocycles. The summed E-state index contributed by atoms with van der Waals surface area (Å²) >= 11 is 3.28. The van der Waals surface area contributed by atoms with Gasteiger partial charge in [0, 0.05) is 6.54 Å². The van der Waals surface area contributed by atoms with Crippen LogP contribution in [0.25, 0.3) is 5.57 Å². The Labute approximate surface area is 86.5 Å². The van der Waals surface area contributed by atoms with E-state index >= 15 is 0 Å². The monoisotopic (exact) mass is 241 g/mol. The molecule has 1 aromatic carbocycles. The van der Waals surface area contributed by atoms with Crippen molar-refractivity contribution in [3.8, 4) is 5.75 Å². The predicted octanol–water partition coefficient (Wildman–Crippen LogP) is 2.39. The molecule has 0 aromatic heterocycles. The number of ether oxygens (including phenoxy) is 1. The molecule has 0 bridgehead atoms. The molecule has 0 amide bonds. The molecule has 0 heterocycles. The normalized spacial score (nSPS) is 11.5. The molecule has 70 valence electrons. The van der Waals surface area contributed by atoms with Crippen LogP contribution in [0.1, 0.15) is 5.56 Å². The van der Waals surface area contributed by atoms with E-state index in [-0.39, 0.29) is 0 Å². The summed E-state index contributed by atoms with van der Waals surface area (Å²) in [5, 5.41) is 0. The Kier molecular flexibility index (Phi) is 3.99. The van der Waals surface area contributed by atoms with Crippen molar-refractivity contribution in [1.82, 2.24) is 0 Å². The van der Waals surface area contributed by atoms with Crippen LogP contribution in [0.3, 0.4) is 0 Å². The van der Waals surface area contributed by atoms with Crippen LogP contribution in [0.2, 0.25) is 0 Å². The van der Waals surface area contributed by atoms with Gasteiger partial charge in [0.1, 0.15) is 5.75 Å². The van der Waals surface area contributed by atoms with E-state index in [1.54, 1.807) is 7.11 Å². The first-order chi connectivity index (χ1) is 6.31. The van der Waals surface area contributed by atoms with E-state index in [1.165, 1.54) is 0 Å². The lowest BCUT2D eigenvalue weighted by molar-refractivity contribution is 0.415. The van der Waals surface area contributed by atoms with Gasteiger partial charge in [-0.25, -0.2) is 0 Å². The third-order valence-electron chi connectivity index (χ3n) is 1.81. The van der Waals surface area contributed by atoms with Crippen LogP contribution in [-0.4, -0.2) is 13.7 Å². The van der Waals surface area contributed by atoms with E-state index < -0.39 is 0 Å². The molecule has 0 fully saturated rings. The topological polar surface area (TPSA) is 35.2 Å². The highest BCUT2D eigenvalue weighted by atomic mass is 79.9. The van der Waals surface area contributed by atoms with Gasteiger partial charge < -0.3 is 10.5 Å². The Bertz CT molecular complexity index is 292. The molecule has 1 aromatic rings. The Hall–Kier alpha value is -0.800. The fourth-order valence-corrected chi connectivity index (χ4v) is 1.48. The molecule has 0 atom stereocenters. The SMILES string of the molecule is COc1ccc(/C(=C/Br)CN)cc1. The highest BCUT2D eigenvalue weighted by Gasteiger charge is 1.98. The van der Waals surface area contributed by atoms with Crippen molar-refractivity contribution in [2.24, 2.45) is 5.73 Å². The molecular weight excluding hydrogens is 230 g/mol. The Balaban J connectivity index is 2.91. The van der Waals surface area contributed by atoms with E-state index in [4.69, 9.17) is 10.5 Å². The summed E-state index contributed by atoms with van der Waals surface area (Å²) in [6.45, 7) is 0.525. The first kappa shape index (κ1) is 10.3. The number of hydrogen-bond donors (Lipinski definition) is 1. The summed E-state index contributed by atoms with van der Waals surface area (Å²) in [5.74, 6) is 0.856. The summed E-state index contributed by atoms with van der Waals surface area (Å²) in [6, 6.07) is 7.81. The van der Waals surface area contributed by atoms with Crippen molar-refractivity contribution >= 4 is 21.5 Å². The lowest BCUT2D eigenvalue weighted by Crippen LogP contribution is -2.01. The van der Waals surface area contributed by atoms with Gasteiger partial charge >= 0.3 is 0 Å². The van der Waals surface area contributed by atoms with Crippen LogP contribution in [0.4, 0.5) is 0 Å². The smallest absolute Gasteiger partial charge is 0.118 e. The molecule has 0 unspecified atom stereocenters. The number of benzene rings is 1. The first-order valence-electron chi connectivity index (χ1n) is 3.95. The van der Waals surface area contributed by atoms with E-state index in [9.17, 15) is 0 Å².